The summed E-state index contributed by atoms with van der Waals surface area (Å²) in [6, 6.07) is 62.3. The molecule has 4 nitrogen and oxygen atoms in total. The van der Waals surface area contributed by atoms with Gasteiger partial charge in [0, 0.05) is 53.1 Å². The Bertz CT molecular complexity index is 3490. The second-order valence-electron chi connectivity index (χ2n) is 15.9. The lowest BCUT2D eigenvalue weighted by Gasteiger charge is -2.24. The van der Waals surface area contributed by atoms with E-state index in [4.69, 9.17) is 19.4 Å². The molecule has 0 fully saturated rings. The number of nitrogens with zero attached hydrogens (tertiary/aromatic N) is 3. The van der Waals surface area contributed by atoms with Crippen LogP contribution < -0.4 is 0 Å². The van der Waals surface area contributed by atoms with E-state index in [9.17, 15) is 0 Å². The van der Waals surface area contributed by atoms with Crippen LogP contribution in [0, 0.1) is 0 Å². The summed E-state index contributed by atoms with van der Waals surface area (Å²) in [5.74, 6) is 1.86. The summed E-state index contributed by atoms with van der Waals surface area (Å²) in [4.78, 5) is 15.9. The summed E-state index contributed by atoms with van der Waals surface area (Å²) in [5, 5.41) is 4.45. The highest BCUT2D eigenvalue weighted by Gasteiger charge is 2.37. The molecule has 12 rings (SSSR count). The Balaban J connectivity index is 1.08. The minimum absolute atomic E-state index is 0.145. The van der Waals surface area contributed by atoms with Crippen LogP contribution in [0.5, 0.6) is 0 Å². The maximum absolute atomic E-state index is 6.61. The first kappa shape index (κ1) is 33.9. The van der Waals surface area contributed by atoms with Crippen LogP contribution in [0.1, 0.15) is 25.0 Å². The van der Waals surface area contributed by atoms with Gasteiger partial charge in [-0.15, -0.1) is 11.3 Å². The average Bonchev–Trinajstić information content (AvgIpc) is 3.94. The van der Waals surface area contributed by atoms with Crippen LogP contribution >= 0.6 is 11.3 Å². The van der Waals surface area contributed by atoms with Gasteiger partial charge in [0.15, 0.2) is 17.5 Å². The molecule has 8 aromatic carbocycles. The van der Waals surface area contributed by atoms with Crippen molar-refractivity contribution in [1.82, 2.24) is 15.0 Å². The molecule has 5 heteroatoms. The highest BCUT2D eigenvalue weighted by molar-refractivity contribution is 7.26. The lowest BCUT2D eigenvalue weighted by Crippen LogP contribution is -2.16. The molecule has 278 valence electrons. The fourth-order valence-corrected chi connectivity index (χ4v) is 10.6. The van der Waals surface area contributed by atoms with Crippen LogP contribution in [0.15, 0.2) is 180 Å². The van der Waals surface area contributed by atoms with Crippen LogP contribution in [0.4, 0.5) is 0 Å². The Labute approximate surface area is 345 Å². The molecule has 0 radical (unpaired) electrons. The number of aromatic nitrogens is 3. The normalized spacial score (nSPS) is 13.1. The summed E-state index contributed by atoms with van der Waals surface area (Å²) in [7, 11) is 0. The Kier molecular flexibility index (Phi) is 7.41. The summed E-state index contributed by atoms with van der Waals surface area (Å²) >= 11 is 1.78. The Morgan fingerprint density at radius 1 is 0.424 bits per heavy atom. The van der Waals surface area contributed by atoms with Gasteiger partial charge in [-0.25, -0.2) is 15.0 Å². The largest absolute Gasteiger partial charge is 0.456 e. The quantitative estimate of drug-likeness (QED) is 0.175. The van der Waals surface area contributed by atoms with E-state index in [0.717, 1.165) is 60.0 Å². The molecule has 3 aromatic heterocycles. The predicted octanol–water partition coefficient (Wildman–Crippen LogP) is 14.8. The second-order valence-corrected chi connectivity index (χ2v) is 17.0. The van der Waals surface area contributed by atoms with Crippen molar-refractivity contribution in [2.75, 3.05) is 0 Å². The lowest BCUT2D eigenvalue weighted by molar-refractivity contribution is 0.662. The summed E-state index contributed by atoms with van der Waals surface area (Å²) in [6.45, 7) is 4.69. The minimum Gasteiger partial charge on any atom is -0.456 e. The van der Waals surface area contributed by atoms with Gasteiger partial charge in [0.05, 0.1) is 0 Å². The topological polar surface area (TPSA) is 51.8 Å². The molecule has 59 heavy (non-hydrogen) atoms. The van der Waals surface area contributed by atoms with Crippen LogP contribution in [-0.2, 0) is 5.41 Å². The van der Waals surface area contributed by atoms with Crippen molar-refractivity contribution in [3.63, 3.8) is 0 Å². The van der Waals surface area contributed by atoms with Crippen molar-refractivity contribution in [3.05, 3.63) is 187 Å². The first-order chi connectivity index (χ1) is 29.0. The van der Waals surface area contributed by atoms with Gasteiger partial charge in [-0.2, -0.15) is 0 Å². The highest BCUT2D eigenvalue weighted by Crippen LogP contribution is 2.52. The summed E-state index contributed by atoms with van der Waals surface area (Å²) < 4.78 is 9.00. The first-order valence-corrected chi connectivity index (χ1v) is 20.8. The third kappa shape index (κ3) is 5.25. The van der Waals surface area contributed by atoms with Crippen LogP contribution in [0.3, 0.4) is 0 Å². The van der Waals surface area contributed by atoms with E-state index < -0.39 is 0 Å². The van der Waals surface area contributed by atoms with Crippen LogP contribution in [0.2, 0.25) is 0 Å². The Morgan fingerprint density at radius 2 is 1.07 bits per heavy atom. The van der Waals surface area contributed by atoms with Gasteiger partial charge in [-0.1, -0.05) is 153 Å². The second kappa shape index (κ2) is 12.9. The molecule has 1 aliphatic carbocycles. The van der Waals surface area contributed by atoms with Gasteiger partial charge in [-0.3, -0.25) is 0 Å². The maximum Gasteiger partial charge on any atom is 0.165 e. The monoisotopic (exact) mass is 773 g/mol. The van der Waals surface area contributed by atoms with E-state index in [0.29, 0.717) is 17.5 Å². The van der Waals surface area contributed by atoms with Gasteiger partial charge in [0.25, 0.3) is 0 Å². The number of hydrogen-bond donors (Lipinski definition) is 0. The zero-order chi connectivity index (χ0) is 39.2. The fraction of sp³-hybridized carbons (Fsp3) is 0.0556. The molecule has 0 aliphatic heterocycles. The van der Waals surface area contributed by atoms with Gasteiger partial charge in [0.1, 0.15) is 11.2 Å². The molecule has 0 saturated heterocycles. The molecule has 0 atom stereocenters. The predicted molar refractivity (Wildman–Crippen MR) is 245 cm³/mol. The molecule has 11 aromatic rings. The summed E-state index contributed by atoms with van der Waals surface area (Å²) in [6.07, 6.45) is 0. The number of hydrogen-bond acceptors (Lipinski definition) is 5. The Morgan fingerprint density at radius 3 is 1.98 bits per heavy atom. The van der Waals surface area contributed by atoms with Crippen LogP contribution in [0.25, 0.3) is 110 Å². The number of thiophene rings is 1. The van der Waals surface area contributed by atoms with Crippen molar-refractivity contribution in [1.29, 1.82) is 0 Å². The van der Waals surface area contributed by atoms with Gasteiger partial charge in [0.2, 0.25) is 0 Å². The van der Waals surface area contributed by atoms with E-state index in [1.54, 1.807) is 11.3 Å². The van der Waals surface area contributed by atoms with Crippen molar-refractivity contribution in [2.24, 2.45) is 0 Å². The smallest absolute Gasteiger partial charge is 0.165 e. The van der Waals surface area contributed by atoms with E-state index in [1.807, 2.05) is 18.2 Å². The molecule has 0 saturated carbocycles. The zero-order valence-electron chi connectivity index (χ0n) is 32.4. The first-order valence-electron chi connectivity index (χ1n) is 20.0. The van der Waals surface area contributed by atoms with Crippen molar-refractivity contribution >= 4 is 53.4 Å². The van der Waals surface area contributed by atoms with E-state index in [2.05, 4.69) is 172 Å². The van der Waals surface area contributed by atoms with Gasteiger partial charge < -0.3 is 4.42 Å². The molecule has 1 aliphatic rings. The Hall–Kier alpha value is -7.21. The number of fused-ring (bicyclic) bond motifs is 9. The molecule has 0 amide bonds. The van der Waals surface area contributed by atoms with Crippen LogP contribution in [-0.4, -0.2) is 15.0 Å². The van der Waals surface area contributed by atoms with Gasteiger partial charge in [-0.05, 0) is 80.9 Å². The molecule has 0 N–H and O–H groups in total. The molecular weight excluding hydrogens is 739 g/mol. The number of benzene rings is 8. The van der Waals surface area contributed by atoms with Crippen molar-refractivity contribution in [2.45, 2.75) is 19.3 Å². The number of furan rings is 1. The maximum atomic E-state index is 6.61. The van der Waals surface area contributed by atoms with Crippen molar-refractivity contribution in [3.8, 4) is 67.5 Å². The SMILES string of the molecule is CC1(C)c2ccccc2-c2cccc(-c3ccc4oc5cccc(-c6nc(-c7cccc(-c8ccccc8)c7)nc(-c7cccc8c7sc7ccccc78)n6)c5c4c3)c21. The average molecular weight is 774 g/mol. The summed E-state index contributed by atoms with van der Waals surface area (Å²) in [5.41, 5.74) is 14.2. The highest BCUT2D eigenvalue weighted by atomic mass is 32.1. The van der Waals surface area contributed by atoms with E-state index in [-0.39, 0.29) is 5.41 Å². The fourth-order valence-electron chi connectivity index (χ4n) is 9.41. The minimum atomic E-state index is -0.145. The molecule has 0 unspecified atom stereocenters. The molecule has 3 heterocycles. The third-order valence-electron chi connectivity index (χ3n) is 12.1. The molecule has 0 spiro atoms. The molecule has 0 bridgehead atoms. The number of rotatable bonds is 5. The lowest BCUT2D eigenvalue weighted by atomic mass is 9.79. The third-order valence-corrected chi connectivity index (χ3v) is 13.4. The molecular formula is C54H35N3OS. The standard InChI is InChI=1S/C54H35N3OS/c1-54(2)44-25-8-6-18-37(44)39-21-11-20-36(49(39)54)34-28-29-45-43(31-34)48-41(23-13-26-46(48)58-45)52-55-51(35-17-10-16-33(30-35)32-14-4-3-5-15-32)56-53(57-52)42-24-12-22-40-38-19-7-9-27-47(38)59-50(40)42/h3-31H,1-2H3. The van der Waals surface area contributed by atoms with E-state index in [1.165, 1.54) is 43.3 Å². The van der Waals surface area contributed by atoms with E-state index >= 15 is 0 Å². The zero-order valence-corrected chi connectivity index (χ0v) is 33.2. The van der Waals surface area contributed by atoms with Crippen molar-refractivity contribution < 1.29 is 4.42 Å². The van der Waals surface area contributed by atoms with Gasteiger partial charge >= 0.3 is 0 Å².